The molecule has 0 bridgehead atoms. The van der Waals surface area contributed by atoms with Gasteiger partial charge in [-0.05, 0) is 48.5 Å². The minimum atomic E-state index is -0.207. The van der Waals surface area contributed by atoms with Crippen molar-refractivity contribution in [3.05, 3.63) is 97.1 Å². The predicted octanol–water partition coefficient (Wildman–Crippen LogP) is 4.40. The number of amides is 1. The summed E-state index contributed by atoms with van der Waals surface area (Å²) in [6.45, 7) is 1.04. The number of hydrogen-bond donors (Lipinski definition) is 1. The molecular weight excluding hydrogens is 380 g/mol. The van der Waals surface area contributed by atoms with Crippen molar-refractivity contribution in [3.8, 4) is 17.2 Å². The molecule has 0 aliphatic carbocycles. The molecule has 1 N–H and O–H groups in total. The molecular formula is C23H20N4O3. The number of carbonyl (C=O) groups excluding carboxylic acids is 1. The van der Waals surface area contributed by atoms with Gasteiger partial charge in [0.2, 0.25) is 0 Å². The molecule has 0 spiro atoms. The highest BCUT2D eigenvalue weighted by atomic mass is 16.5. The Kier molecular flexibility index (Phi) is 6.00. The number of ether oxygens (including phenoxy) is 2. The first-order chi connectivity index (χ1) is 14.8. The van der Waals surface area contributed by atoms with Gasteiger partial charge >= 0.3 is 0 Å². The van der Waals surface area contributed by atoms with Gasteiger partial charge in [-0.15, -0.1) is 0 Å². The van der Waals surface area contributed by atoms with Crippen LogP contribution in [0, 0.1) is 0 Å². The first-order valence-corrected chi connectivity index (χ1v) is 9.46. The van der Waals surface area contributed by atoms with E-state index in [-0.39, 0.29) is 5.91 Å². The number of aromatic nitrogens is 3. The highest BCUT2D eigenvalue weighted by molar-refractivity contribution is 6.04. The summed E-state index contributed by atoms with van der Waals surface area (Å²) in [5, 5.41) is 6.91. The summed E-state index contributed by atoms with van der Waals surface area (Å²) in [6.07, 6.45) is 3.12. The molecule has 30 heavy (non-hydrogen) atoms. The Labute approximate surface area is 173 Å². The number of hydrogen-bond acceptors (Lipinski definition) is 5. The zero-order valence-electron chi connectivity index (χ0n) is 16.1. The SMILES string of the molecule is O=C(Nc1cccc(OCCn2cncn2)c1)c1ccc(Oc2ccccc2)cc1. The zero-order chi connectivity index (χ0) is 20.6. The average molecular weight is 400 g/mol. The molecule has 4 rings (SSSR count). The molecule has 0 aliphatic heterocycles. The normalized spacial score (nSPS) is 10.4. The maximum Gasteiger partial charge on any atom is 0.255 e. The molecule has 1 amide bonds. The fourth-order valence-electron chi connectivity index (χ4n) is 2.77. The van der Waals surface area contributed by atoms with Crippen LogP contribution in [0.3, 0.4) is 0 Å². The Morgan fingerprint density at radius 2 is 1.67 bits per heavy atom. The maximum atomic E-state index is 12.6. The molecule has 0 radical (unpaired) electrons. The molecule has 0 fully saturated rings. The quantitative estimate of drug-likeness (QED) is 0.474. The van der Waals surface area contributed by atoms with Crippen LogP contribution in [-0.2, 0) is 6.54 Å². The van der Waals surface area contributed by atoms with Crippen molar-refractivity contribution in [2.24, 2.45) is 0 Å². The molecule has 150 valence electrons. The second kappa shape index (κ2) is 9.38. The molecule has 7 nitrogen and oxygen atoms in total. The van der Waals surface area contributed by atoms with Crippen LogP contribution in [0.1, 0.15) is 10.4 Å². The van der Waals surface area contributed by atoms with Crippen molar-refractivity contribution >= 4 is 11.6 Å². The molecule has 4 aromatic rings. The van der Waals surface area contributed by atoms with Gasteiger partial charge in [-0.2, -0.15) is 5.10 Å². The van der Waals surface area contributed by atoms with Crippen LogP contribution in [0.15, 0.2) is 91.5 Å². The van der Waals surface area contributed by atoms with Crippen molar-refractivity contribution in [1.82, 2.24) is 14.8 Å². The lowest BCUT2D eigenvalue weighted by atomic mass is 10.2. The first kappa shape index (κ1) is 19.2. The van der Waals surface area contributed by atoms with Gasteiger partial charge in [0.25, 0.3) is 5.91 Å². The molecule has 0 atom stereocenters. The monoisotopic (exact) mass is 400 g/mol. The molecule has 1 aromatic heterocycles. The second-order valence-corrected chi connectivity index (χ2v) is 6.43. The lowest BCUT2D eigenvalue weighted by Gasteiger charge is -2.10. The highest BCUT2D eigenvalue weighted by Crippen LogP contribution is 2.22. The van der Waals surface area contributed by atoms with Gasteiger partial charge in [-0.1, -0.05) is 24.3 Å². The van der Waals surface area contributed by atoms with E-state index >= 15 is 0 Å². The van der Waals surface area contributed by atoms with Crippen molar-refractivity contribution in [2.45, 2.75) is 6.54 Å². The summed E-state index contributed by atoms with van der Waals surface area (Å²) in [5.41, 5.74) is 1.19. The third-order valence-corrected chi connectivity index (χ3v) is 4.24. The molecule has 3 aromatic carbocycles. The summed E-state index contributed by atoms with van der Waals surface area (Å²) in [4.78, 5) is 16.4. The Hall–Kier alpha value is -4.13. The Balaban J connectivity index is 1.33. The zero-order valence-corrected chi connectivity index (χ0v) is 16.1. The highest BCUT2D eigenvalue weighted by Gasteiger charge is 2.08. The topological polar surface area (TPSA) is 78.3 Å². The number of benzene rings is 3. The lowest BCUT2D eigenvalue weighted by molar-refractivity contribution is 0.102. The van der Waals surface area contributed by atoms with E-state index in [2.05, 4.69) is 15.4 Å². The molecule has 0 saturated carbocycles. The van der Waals surface area contributed by atoms with E-state index in [9.17, 15) is 4.79 Å². The number of rotatable bonds is 8. The maximum absolute atomic E-state index is 12.6. The van der Waals surface area contributed by atoms with Gasteiger partial charge in [0, 0.05) is 17.3 Å². The number of anilines is 1. The number of nitrogens with zero attached hydrogens (tertiary/aromatic N) is 3. The van der Waals surface area contributed by atoms with Crippen LogP contribution in [0.25, 0.3) is 0 Å². The molecule has 1 heterocycles. The van der Waals surface area contributed by atoms with Crippen LogP contribution in [-0.4, -0.2) is 27.3 Å². The van der Waals surface area contributed by atoms with Gasteiger partial charge in [0.05, 0.1) is 6.54 Å². The van der Waals surface area contributed by atoms with Crippen LogP contribution in [0.2, 0.25) is 0 Å². The van der Waals surface area contributed by atoms with E-state index in [0.29, 0.717) is 35.9 Å². The summed E-state index contributed by atoms with van der Waals surface area (Å²) in [5.74, 6) is 1.87. The standard InChI is InChI=1S/C23H20N4O3/c28-23(18-9-11-21(12-10-18)30-20-6-2-1-3-7-20)26-19-5-4-8-22(15-19)29-14-13-27-17-24-16-25-27/h1-12,15-17H,13-14H2,(H,26,28). The summed E-state index contributed by atoms with van der Waals surface area (Å²) < 4.78 is 13.2. The molecule has 0 aliphatic rings. The molecule has 0 saturated heterocycles. The molecule has 7 heteroatoms. The van der Waals surface area contributed by atoms with Gasteiger partial charge in [0.1, 0.15) is 36.5 Å². The summed E-state index contributed by atoms with van der Waals surface area (Å²) >= 11 is 0. The van der Waals surface area contributed by atoms with Crippen LogP contribution in [0.5, 0.6) is 17.2 Å². The number of nitrogens with one attached hydrogen (secondary N) is 1. The van der Waals surface area contributed by atoms with Crippen LogP contribution in [0.4, 0.5) is 5.69 Å². The second-order valence-electron chi connectivity index (χ2n) is 6.43. The summed E-state index contributed by atoms with van der Waals surface area (Å²) in [6, 6.07) is 23.8. The van der Waals surface area contributed by atoms with E-state index in [0.717, 1.165) is 5.75 Å². The van der Waals surface area contributed by atoms with Gasteiger partial charge in [-0.3, -0.25) is 4.79 Å². The van der Waals surface area contributed by atoms with Gasteiger partial charge in [-0.25, -0.2) is 9.67 Å². The van der Waals surface area contributed by atoms with Crippen molar-refractivity contribution < 1.29 is 14.3 Å². The van der Waals surface area contributed by atoms with Crippen molar-refractivity contribution in [3.63, 3.8) is 0 Å². The largest absolute Gasteiger partial charge is 0.492 e. The lowest BCUT2D eigenvalue weighted by Crippen LogP contribution is -2.12. The number of para-hydroxylation sites is 1. The van der Waals surface area contributed by atoms with E-state index < -0.39 is 0 Å². The third kappa shape index (κ3) is 5.23. The third-order valence-electron chi connectivity index (χ3n) is 4.24. The van der Waals surface area contributed by atoms with Crippen LogP contribution < -0.4 is 14.8 Å². The fraction of sp³-hybridized carbons (Fsp3) is 0.0870. The Morgan fingerprint density at radius 1 is 0.900 bits per heavy atom. The van der Waals surface area contributed by atoms with E-state index in [1.165, 1.54) is 6.33 Å². The molecule has 0 unspecified atom stereocenters. The van der Waals surface area contributed by atoms with Crippen molar-refractivity contribution in [2.75, 3.05) is 11.9 Å². The Bertz CT molecular complexity index is 1080. The fourth-order valence-corrected chi connectivity index (χ4v) is 2.77. The minimum absolute atomic E-state index is 0.207. The Morgan fingerprint density at radius 3 is 2.43 bits per heavy atom. The minimum Gasteiger partial charge on any atom is -0.492 e. The van der Waals surface area contributed by atoms with Crippen molar-refractivity contribution in [1.29, 1.82) is 0 Å². The average Bonchev–Trinajstić information content (AvgIpc) is 3.29. The van der Waals surface area contributed by atoms with E-state index in [4.69, 9.17) is 9.47 Å². The van der Waals surface area contributed by atoms with Crippen LogP contribution >= 0.6 is 0 Å². The van der Waals surface area contributed by atoms with Gasteiger partial charge < -0.3 is 14.8 Å². The van der Waals surface area contributed by atoms with E-state index in [1.807, 2.05) is 48.5 Å². The first-order valence-electron chi connectivity index (χ1n) is 9.46. The van der Waals surface area contributed by atoms with Gasteiger partial charge in [0.15, 0.2) is 0 Å². The van der Waals surface area contributed by atoms with E-state index in [1.54, 1.807) is 41.3 Å². The number of carbonyl (C=O) groups is 1. The smallest absolute Gasteiger partial charge is 0.255 e. The predicted molar refractivity (Wildman–Crippen MR) is 113 cm³/mol. The summed E-state index contributed by atoms with van der Waals surface area (Å²) in [7, 11) is 0.